The van der Waals surface area contributed by atoms with E-state index >= 15 is 0 Å². The number of carboxylic acid groups (broad SMARTS) is 1. The van der Waals surface area contributed by atoms with Gasteiger partial charge in [-0.15, -0.1) is 12.3 Å². The maximum Gasteiger partial charge on any atom is 0.337 e. The van der Waals surface area contributed by atoms with Gasteiger partial charge in [0.1, 0.15) is 0 Å². The molecule has 0 bridgehead atoms. The number of hydrogen-bond acceptors (Lipinski definition) is 2. The number of halogens is 1. The standard InChI is InChI=1S/C14H12ClNO3/c1-3-9-5-12(17)16(7-9)13-8(2)4-10(15)6-11(13)14(18)19/h1,4,6,9H,5,7H2,2H3,(H,18,19). The molecule has 1 aliphatic heterocycles. The molecule has 1 amide bonds. The van der Waals surface area contributed by atoms with Crippen LogP contribution in [0.4, 0.5) is 5.69 Å². The molecule has 1 aromatic rings. The Labute approximate surface area is 116 Å². The Hall–Kier alpha value is -1.99. The van der Waals surface area contributed by atoms with E-state index in [1.165, 1.54) is 11.0 Å². The fourth-order valence-corrected chi connectivity index (χ4v) is 2.56. The lowest BCUT2D eigenvalue weighted by Crippen LogP contribution is -2.27. The van der Waals surface area contributed by atoms with E-state index in [0.717, 1.165) is 0 Å². The minimum Gasteiger partial charge on any atom is -0.478 e. The lowest BCUT2D eigenvalue weighted by Gasteiger charge is -2.21. The highest BCUT2D eigenvalue weighted by molar-refractivity contribution is 6.31. The second-order valence-corrected chi connectivity index (χ2v) is 4.93. The fourth-order valence-electron chi connectivity index (χ4n) is 2.29. The van der Waals surface area contributed by atoms with Crippen LogP contribution in [0.5, 0.6) is 0 Å². The Bertz CT molecular complexity index is 603. The summed E-state index contributed by atoms with van der Waals surface area (Å²) >= 11 is 5.87. The zero-order valence-corrected chi connectivity index (χ0v) is 11.1. The average Bonchev–Trinajstić information content (AvgIpc) is 2.69. The first kappa shape index (κ1) is 13.4. The Morgan fingerprint density at radius 3 is 2.79 bits per heavy atom. The number of anilines is 1. The molecule has 1 fully saturated rings. The predicted molar refractivity (Wildman–Crippen MR) is 72.4 cm³/mol. The summed E-state index contributed by atoms with van der Waals surface area (Å²) < 4.78 is 0. The van der Waals surface area contributed by atoms with E-state index in [2.05, 4.69) is 5.92 Å². The van der Waals surface area contributed by atoms with E-state index in [4.69, 9.17) is 18.0 Å². The molecule has 1 atom stereocenters. The van der Waals surface area contributed by atoms with Crippen LogP contribution >= 0.6 is 11.6 Å². The van der Waals surface area contributed by atoms with Gasteiger partial charge in [-0.3, -0.25) is 4.79 Å². The van der Waals surface area contributed by atoms with Crippen molar-refractivity contribution in [1.29, 1.82) is 0 Å². The van der Waals surface area contributed by atoms with Gasteiger partial charge in [0.2, 0.25) is 5.91 Å². The molecule has 1 saturated heterocycles. The lowest BCUT2D eigenvalue weighted by molar-refractivity contribution is -0.117. The Kier molecular flexibility index (Phi) is 3.50. The minimum atomic E-state index is -1.11. The normalized spacial score (nSPS) is 18.5. The molecule has 0 radical (unpaired) electrons. The molecule has 1 aliphatic rings. The number of aryl methyl sites for hydroxylation is 1. The topological polar surface area (TPSA) is 57.6 Å². The van der Waals surface area contributed by atoms with Crippen LogP contribution in [0, 0.1) is 25.2 Å². The van der Waals surface area contributed by atoms with E-state index in [1.807, 2.05) is 0 Å². The molecular weight excluding hydrogens is 266 g/mol. The lowest BCUT2D eigenvalue weighted by atomic mass is 10.1. The van der Waals surface area contributed by atoms with Crippen molar-refractivity contribution in [3.05, 3.63) is 28.3 Å². The summed E-state index contributed by atoms with van der Waals surface area (Å²) in [5, 5.41) is 9.58. The van der Waals surface area contributed by atoms with E-state index < -0.39 is 5.97 Å². The summed E-state index contributed by atoms with van der Waals surface area (Å²) in [5.41, 5.74) is 1.06. The van der Waals surface area contributed by atoms with Gasteiger partial charge < -0.3 is 10.0 Å². The summed E-state index contributed by atoms with van der Waals surface area (Å²) in [4.78, 5) is 24.7. The number of amides is 1. The maximum atomic E-state index is 12.0. The van der Waals surface area contributed by atoms with Crippen molar-refractivity contribution >= 4 is 29.2 Å². The number of hydrogen-bond donors (Lipinski definition) is 1. The van der Waals surface area contributed by atoms with Crippen LogP contribution in [-0.4, -0.2) is 23.5 Å². The Balaban J connectivity index is 2.54. The zero-order valence-electron chi connectivity index (χ0n) is 10.3. The molecule has 5 heteroatoms. The largest absolute Gasteiger partial charge is 0.478 e. The van der Waals surface area contributed by atoms with Gasteiger partial charge in [-0.1, -0.05) is 11.6 Å². The first-order valence-corrected chi connectivity index (χ1v) is 6.11. The van der Waals surface area contributed by atoms with Gasteiger partial charge in [0.05, 0.1) is 11.3 Å². The molecule has 1 aromatic carbocycles. The first-order valence-electron chi connectivity index (χ1n) is 5.74. The third-order valence-electron chi connectivity index (χ3n) is 3.13. The van der Waals surface area contributed by atoms with Crippen molar-refractivity contribution in [2.24, 2.45) is 5.92 Å². The van der Waals surface area contributed by atoms with Crippen LogP contribution in [0.15, 0.2) is 12.1 Å². The predicted octanol–water partition coefficient (Wildman–Crippen LogP) is 2.33. The van der Waals surface area contributed by atoms with Crippen LogP contribution in [0.2, 0.25) is 5.02 Å². The highest BCUT2D eigenvalue weighted by Crippen LogP contribution is 2.33. The Morgan fingerprint density at radius 2 is 2.26 bits per heavy atom. The highest BCUT2D eigenvalue weighted by Gasteiger charge is 2.32. The summed E-state index contributed by atoms with van der Waals surface area (Å²) in [6.45, 7) is 2.07. The number of nitrogens with zero attached hydrogens (tertiary/aromatic N) is 1. The molecular formula is C14H12ClNO3. The van der Waals surface area contributed by atoms with Crippen LogP contribution in [0.25, 0.3) is 0 Å². The van der Waals surface area contributed by atoms with E-state index in [9.17, 15) is 14.7 Å². The minimum absolute atomic E-state index is 0.0241. The van der Waals surface area contributed by atoms with Gasteiger partial charge in [-0.2, -0.15) is 0 Å². The number of carbonyl (C=O) groups excluding carboxylic acids is 1. The Morgan fingerprint density at radius 1 is 1.58 bits per heavy atom. The zero-order chi connectivity index (χ0) is 14.2. The van der Waals surface area contributed by atoms with Gasteiger partial charge in [-0.05, 0) is 24.6 Å². The van der Waals surface area contributed by atoms with Gasteiger partial charge in [-0.25, -0.2) is 4.79 Å². The second kappa shape index (κ2) is 4.94. The maximum absolute atomic E-state index is 12.0. The van der Waals surface area contributed by atoms with Gasteiger partial charge in [0, 0.05) is 23.9 Å². The molecule has 98 valence electrons. The van der Waals surface area contributed by atoms with Crippen molar-refractivity contribution in [3.8, 4) is 12.3 Å². The molecule has 0 saturated carbocycles. The summed E-state index contributed by atoms with van der Waals surface area (Å²) in [6, 6.07) is 2.99. The van der Waals surface area contributed by atoms with Gasteiger partial charge >= 0.3 is 5.97 Å². The highest BCUT2D eigenvalue weighted by atomic mass is 35.5. The molecule has 2 rings (SSSR count). The van der Waals surface area contributed by atoms with Crippen molar-refractivity contribution in [2.75, 3.05) is 11.4 Å². The van der Waals surface area contributed by atoms with Crippen LogP contribution in [-0.2, 0) is 4.79 Å². The SMILES string of the molecule is C#CC1CC(=O)N(c2c(C)cc(Cl)cc2C(=O)O)C1. The quantitative estimate of drug-likeness (QED) is 0.844. The van der Waals surface area contributed by atoms with Crippen LogP contribution in [0.3, 0.4) is 0 Å². The van der Waals surface area contributed by atoms with E-state index in [1.54, 1.807) is 13.0 Å². The molecule has 19 heavy (non-hydrogen) atoms. The monoisotopic (exact) mass is 277 g/mol. The number of carboxylic acids is 1. The molecule has 0 aromatic heterocycles. The van der Waals surface area contributed by atoms with Crippen LogP contribution in [0.1, 0.15) is 22.3 Å². The summed E-state index contributed by atoms with van der Waals surface area (Å²) in [7, 11) is 0. The number of terminal acetylenes is 1. The third-order valence-corrected chi connectivity index (χ3v) is 3.34. The molecule has 4 nitrogen and oxygen atoms in total. The molecule has 1 heterocycles. The number of carbonyl (C=O) groups is 2. The van der Waals surface area contributed by atoms with Crippen LogP contribution < -0.4 is 4.90 Å². The van der Waals surface area contributed by atoms with Gasteiger partial charge in [0.25, 0.3) is 0 Å². The summed E-state index contributed by atoms with van der Waals surface area (Å²) in [6.07, 6.45) is 5.58. The number of aromatic carboxylic acids is 1. The van der Waals surface area contributed by atoms with Crippen molar-refractivity contribution in [2.45, 2.75) is 13.3 Å². The average molecular weight is 278 g/mol. The molecule has 1 N–H and O–H groups in total. The van der Waals surface area contributed by atoms with Crippen molar-refractivity contribution < 1.29 is 14.7 Å². The van der Waals surface area contributed by atoms with Gasteiger partial charge in [0.15, 0.2) is 0 Å². The summed E-state index contributed by atoms with van der Waals surface area (Å²) in [5.74, 6) is 1.09. The number of rotatable bonds is 2. The third kappa shape index (κ3) is 2.42. The second-order valence-electron chi connectivity index (χ2n) is 4.50. The van der Waals surface area contributed by atoms with Crippen molar-refractivity contribution in [3.63, 3.8) is 0 Å². The molecule has 0 aliphatic carbocycles. The smallest absolute Gasteiger partial charge is 0.337 e. The van der Waals surface area contributed by atoms with E-state index in [0.29, 0.717) is 22.8 Å². The van der Waals surface area contributed by atoms with E-state index in [-0.39, 0.29) is 23.8 Å². The molecule has 1 unspecified atom stereocenters. The number of benzene rings is 1. The first-order chi connectivity index (χ1) is 8.93. The molecule has 0 spiro atoms. The van der Waals surface area contributed by atoms with Crippen molar-refractivity contribution in [1.82, 2.24) is 0 Å². The fraction of sp³-hybridized carbons (Fsp3) is 0.286.